The molecule has 18 heavy (non-hydrogen) atoms. The molecule has 0 saturated carbocycles. The lowest BCUT2D eigenvalue weighted by atomic mass is 10.2. The molecule has 0 spiro atoms. The van der Waals surface area contributed by atoms with Gasteiger partial charge in [-0.05, 0) is 6.42 Å². The summed E-state index contributed by atoms with van der Waals surface area (Å²) in [5.74, 6) is 0.155. The van der Waals surface area contributed by atoms with Crippen molar-refractivity contribution in [2.45, 2.75) is 33.1 Å². The Labute approximate surface area is 113 Å². The molecule has 0 aliphatic carbocycles. The van der Waals surface area contributed by atoms with Crippen LogP contribution in [0.4, 0.5) is 5.13 Å². The first-order chi connectivity index (χ1) is 8.60. The number of nitrogens with zero attached hydrogens (tertiary/aromatic N) is 3. The van der Waals surface area contributed by atoms with Crippen molar-refractivity contribution in [1.82, 2.24) is 15.2 Å². The molecule has 0 aromatic carbocycles. The van der Waals surface area contributed by atoms with Gasteiger partial charge in [-0.15, -0.1) is 21.5 Å². The van der Waals surface area contributed by atoms with Crippen molar-refractivity contribution in [2.24, 2.45) is 0 Å². The highest BCUT2D eigenvalue weighted by atomic mass is 32.1. The molecule has 7 heteroatoms. The lowest BCUT2D eigenvalue weighted by Gasteiger charge is -1.96. The summed E-state index contributed by atoms with van der Waals surface area (Å²) in [6, 6.07) is 0. The van der Waals surface area contributed by atoms with Crippen LogP contribution in [0.15, 0.2) is 6.20 Å². The fourth-order valence-electron chi connectivity index (χ4n) is 1.26. The van der Waals surface area contributed by atoms with Gasteiger partial charge in [-0.2, -0.15) is 0 Å². The Kier molecular flexibility index (Phi) is 4.03. The van der Waals surface area contributed by atoms with Crippen LogP contribution in [0.1, 0.15) is 46.4 Å². The van der Waals surface area contributed by atoms with E-state index in [0.29, 0.717) is 15.9 Å². The highest BCUT2D eigenvalue weighted by molar-refractivity contribution is 7.16. The molecule has 0 aliphatic rings. The highest BCUT2D eigenvalue weighted by Crippen LogP contribution is 2.23. The van der Waals surface area contributed by atoms with E-state index in [1.807, 2.05) is 20.8 Å². The molecule has 1 N–H and O–H groups in total. The molecule has 2 rings (SSSR count). The van der Waals surface area contributed by atoms with Crippen LogP contribution < -0.4 is 5.32 Å². The number of rotatable bonds is 4. The predicted octanol–water partition coefficient (Wildman–Crippen LogP) is 2.93. The van der Waals surface area contributed by atoms with Gasteiger partial charge in [-0.25, -0.2) is 4.98 Å². The zero-order chi connectivity index (χ0) is 13.1. The number of hydrogen-bond donors (Lipinski definition) is 1. The summed E-state index contributed by atoms with van der Waals surface area (Å²) in [6.45, 7) is 6.10. The van der Waals surface area contributed by atoms with Gasteiger partial charge >= 0.3 is 0 Å². The number of aryl methyl sites for hydroxylation is 1. The molecular formula is C11H14N4OS2. The van der Waals surface area contributed by atoms with Crippen LogP contribution in [-0.2, 0) is 6.42 Å². The van der Waals surface area contributed by atoms with E-state index in [1.54, 1.807) is 6.20 Å². The fourth-order valence-corrected chi connectivity index (χ4v) is 2.75. The lowest BCUT2D eigenvalue weighted by molar-refractivity contribution is 0.103. The summed E-state index contributed by atoms with van der Waals surface area (Å²) in [5, 5.41) is 13.1. The SMILES string of the molecule is CCc1ncc(C(=O)Nc2nnc(C(C)C)s2)s1. The van der Waals surface area contributed by atoms with Crippen LogP contribution >= 0.6 is 22.7 Å². The first-order valence-electron chi connectivity index (χ1n) is 5.69. The maximum absolute atomic E-state index is 11.9. The molecule has 0 aliphatic heterocycles. The number of nitrogens with one attached hydrogen (secondary N) is 1. The summed E-state index contributed by atoms with van der Waals surface area (Å²) < 4.78 is 0. The third-order valence-electron chi connectivity index (χ3n) is 2.23. The monoisotopic (exact) mass is 282 g/mol. The van der Waals surface area contributed by atoms with Gasteiger partial charge in [0.15, 0.2) is 0 Å². The number of amides is 1. The Bertz CT molecular complexity index is 547. The Balaban J connectivity index is 2.06. The van der Waals surface area contributed by atoms with E-state index in [0.717, 1.165) is 16.4 Å². The van der Waals surface area contributed by atoms with Crippen LogP contribution in [-0.4, -0.2) is 21.1 Å². The molecule has 0 radical (unpaired) electrons. The van der Waals surface area contributed by atoms with Crippen LogP contribution in [0, 0.1) is 0 Å². The summed E-state index contributed by atoms with van der Waals surface area (Å²) in [4.78, 5) is 16.7. The highest BCUT2D eigenvalue weighted by Gasteiger charge is 2.13. The molecular weight excluding hydrogens is 268 g/mol. The van der Waals surface area contributed by atoms with Crippen molar-refractivity contribution in [1.29, 1.82) is 0 Å². The first kappa shape index (κ1) is 13.1. The van der Waals surface area contributed by atoms with Gasteiger partial charge in [-0.3, -0.25) is 10.1 Å². The van der Waals surface area contributed by atoms with Gasteiger partial charge in [0.05, 0.1) is 11.2 Å². The van der Waals surface area contributed by atoms with Gasteiger partial charge < -0.3 is 0 Å². The number of hydrogen-bond acceptors (Lipinski definition) is 6. The average molecular weight is 282 g/mol. The maximum Gasteiger partial charge on any atom is 0.269 e. The smallest absolute Gasteiger partial charge is 0.269 e. The third kappa shape index (κ3) is 2.91. The summed E-state index contributed by atoms with van der Waals surface area (Å²) in [7, 11) is 0. The molecule has 0 bridgehead atoms. The number of carbonyl (C=O) groups is 1. The van der Waals surface area contributed by atoms with E-state index in [-0.39, 0.29) is 5.91 Å². The van der Waals surface area contributed by atoms with Crippen molar-refractivity contribution in [3.63, 3.8) is 0 Å². The zero-order valence-corrected chi connectivity index (χ0v) is 12.1. The molecule has 2 heterocycles. The summed E-state index contributed by atoms with van der Waals surface area (Å²) >= 11 is 2.81. The summed E-state index contributed by atoms with van der Waals surface area (Å²) in [5.41, 5.74) is 0. The van der Waals surface area contributed by atoms with Gasteiger partial charge in [0.1, 0.15) is 9.88 Å². The van der Waals surface area contributed by atoms with Crippen molar-refractivity contribution < 1.29 is 4.79 Å². The lowest BCUT2D eigenvalue weighted by Crippen LogP contribution is -2.09. The molecule has 1 amide bonds. The number of thiazole rings is 1. The standard InChI is InChI=1S/C11H14N4OS2/c1-4-8-12-5-7(17-8)9(16)13-11-15-14-10(18-11)6(2)3/h5-6H,4H2,1-3H3,(H,13,15,16). The van der Waals surface area contributed by atoms with Crippen molar-refractivity contribution >= 4 is 33.7 Å². The first-order valence-corrected chi connectivity index (χ1v) is 7.33. The largest absolute Gasteiger partial charge is 0.296 e. The third-order valence-corrected chi connectivity index (χ3v) is 4.51. The Morgan fingerprint density at radius 3 is 2.72 bits per heavy atom. The van der Waals surface area contributed by atoms with E-state index in [9.17, 15) is 4.79 Å². The predicted molar refractivity (Wildman–Crippen MR) is 73.4 cm³/mol. The van der Waals surface area contributed by atoms with Crippen LogP contribution in [0.3, 0.4) is 0 Å². The minimum absolute atomic E-state index is 0.168. The van der Waals surface area contributed by atoms with Crippen molar-refractivity contribution in [2.75, 3.05) is 5.32 Å². The van der Waals surface area contributed by atoms with Gasteiger partial charge in [-0.1, -0.05) is 32.1 Å². The van der Waals surface area contributed by atoms with E-state index in [1.165, 1.54) is 22.7 Å². The Morgan fingerprint density at radius 2 is 2.17 bits per heavy atom. The number of aromatic nitrogens is 3. The Hall–Kier alpha value is -1.34. The van der Waals surface area contributed by atoms with E-state index >= 15 is 0 Å². The van der Waals surface area contributed by atoms with Crippen LogP contribution in [0.5, 0.6) is 0 Å². The number of anilines is 1. The topological polar surface area (TPSA) is 67.8 Å². The average Bonchev–Trinajstić information content (AvgIpc) is 2.96. The van der Waals surface area contributed by atoms with Gasteiger partial charge in [0.2, 0.25) is 5.13 Å². The molecule has 0 fully saturated rings. The molecule has 0 saturated heterocycles. The molecule has 96 valence electrons. The molecule has 0 atom stereocenters. The second-order valence-corrected chi connectivity index (χ2v) is 6.15. The minimum atomic E-state index is -0.168. The second kappa shape index (κ2) is 5.53. The van der Waals surface area contributed by atoms with Crippen molar-refractivity contribution in [3.8, 4) is 0 Å². The molecule has 2 aromatic heterocycles. The normalized spacial score (nSPS) is 10.9. The second-order valence-electron chi connectivity index (χ2n) is 4.03. The van der Waals surface area contributed by atoms with Gasteiger partial charge in [0.25, 0.3) is 5.91 Å². The van der Waals surface area contributed by atoms with E-state index < -0.39 is 0 Å². The zero-order valence-electron chi connectivity index (χ0n) is 10.4. The number of carbonyl (C=O) groups excluding carboxylic acids is 1. The fraction of sp³-hybridized carbons (Fsp3) is 0.455. The quantitative estimate of drug-likeness (QED) is 0.936. The summed E-state index contributed by atoms with van der Waals surface area (Å²) in [6.07, 6.45) is 2.44. The Morgan fingerprint density at radius 1 is 1.39 bits per heavy atom. The molecule has 2 aromatic rings. The van der Waals surface area contributed by atoms with E-state index in [4.69, 9.17) is 0 Å². The van der Waals surface area contributed by atoms with E-state index in [2.05, 4.69) is 20.5 Å². The molecule has 5 nitrogen and oxygen atoms in total. The van der Waals surface area contributed by atoms with Gasteiger partial charge in [0, 0.05) is 5.92 Å². The van der Waals surface area contributed by atoms with Crippen LogP contribution in [0.25, 0.3) is 0 Å². The maximum atomic E-state index is 11.9. The van der Waals surface area contributed by atoms with Crippen molar-refractivity contribution in [3.05, 3.63) is 21.1 Å². The van der Waals surface area contributed by atoms with Crippen LogP contribution in [0.2, 0.25) is 0 Å². The molecule has 0 unspecified atom stereocenters. The minimum Gasteiger partial charge on any atom is -0.296 e.